The van der Waals surface area contributed by atoms with Crippen LogP contribution < -0.4 is 5.32 Å². The lowest BCUT2D eigenvalue weighted by Crippen LogP contribution is -2.16. The molecule has 0 radical (unpaired) electrons. The fourth-order valence-electron chi connectivity index (χ4n) is 2.05. The fourth-order valence-corrected chi connectivity index (χ4v) is 2.05. The number of aromatic nitrogens is 4. The summed E-state index contributed by atoms with van der Waals surface area (Å²) in [4.78, 5) is 4.29. The van der Waals surface area contributed by atoms with Gasteiger partial charge in [0, 0.05) is 44.8 Å². The van der Waals surface area contributed by atoms with E-state index in [2.05, 4.69) is 35.4 Å². The molecule has 0 saturated carbocycles. The lowest BCUT2D eigenvalue weighted by atomic mass is 10.1. The van der Waals surface area contributed by atoms with Crippen LogP contribution >= 0.6 is 0 Å². The molecule has 0 amide bonds. The van der Waals surface area contributed by atoms with Crippen LogP contribution in [0.25, 0.3) is 0 Å². The molecular weight excluding hydrogens is 226 g/mol. The Morgan fingerprint density at radius 1 is 1.28 bits per heavy atom. The van der Waals surface area contributed by atoms with Gasteiger partial charge >= 0.3 is 0 Å². The van der Waals surface area contributed by atoms with Gasteiger partial charge in [-0.1, -0.05) is 13.8 Å². The van der Waals surface area contributed by atoms with Crippen molar-refractivity contribution in [1.82, 2.24) is 24.6 Å². The molecule has 0 spiro atoms. The molecular formula is C13H21N5. The largest absolute Gasteiger partial charge is 0.337 e. The Bertz CT molecular complexity index is 509. The number of rotatable bonds is 5. The van der Waals surface area contributed by atoms with Gasteiger partial charge in [0.2, 0.25) is 0 Å². The number of hydrogen-bond donors (Lipinski definition) is 1. The van der Waals surface area contributed by atoms with E-state index in [4.69, 9.17) is 0 Å². The van der Waals surface area contributed by atoms with E-state index in [1.807, 2.05) is 35.7 Å². The van der Waals surface area contributed by atoms with Crippen molar-refractivity contribution in [3.8, 4) is 0 Å². The van der Waals surface area contributed by atoms with Gasteiger partial charge in [-0.15, -0.1) is 0 Å². The van der Waals surface area contributed by atoms with Gasteiger partial charge in [-0.05, 0) is 5.92 Å². The van der Waals surface area contributed by atoms with Crippen molar-refractivity contribution in [2.75, 3.05) is 0 Å². The van der Waals surface area contributed by atoms with Gasteiger partial charge in [0.15, 0.2) is 0 Å². The van der Waals surface area contributed by atoms with Crippen molar-refractivity contribution in [2.24, 2.45) is 14.1 Å². The molecule has 0 fully saturated rings. The molecule has 0 atom stereocenters. The van der Waals surface area contributed by atoms with Gasteiger partial charge in [-0.2, -0.15) is 5.10 Å². The van der Waals surface area contributed by atoms with Crippen molar-refractivity contribution in [3.63, 3.8) is 0 Å². The zero-order valence-corrected chi connectivity index (χ0v) is 11.5. The van der Waals surface area contributed by atoms with Gasteiger partial charge in [-0.3, -0.25) is 4.68 Å². The SMILES string of the molecule is CC(C)c1nn(C)cc1CNCc1nccn1C. The van der Waals surface area contributed by atoms with Gasteiger partial charge in [0.1, 0.15) is 5.82 Å². The highest BCUT2D eigenvalue weighted by atomic mass is 15.3. The van der Waals surface area contributed by atoms with Crippen molar-refractivity contribution in [2.45, 2.75) is 32.9 Å². The summed E-state index contributed by atoms with van der Waals surface area (Å²) in [6, 6.07) is 0. The number of hydrogen-bond acceptors (Lipinski definition) is 3. The quantitative estimate of drug-likeness (QED) is 0.872. The topological polar surface area (TPSA) is 47.7 Å². The number of aryl methyl sites for hydroxylation is 2. The van der Waals surface area contributed by atoms with Gasteiger partial charge < -0.3 is 9.88 Å². The Morgan fingerprint density at radius 2 is 2.06 bits per heavy atom. The lowest BCUT2D eigenvalue weighted by molar-refractivity contribution is 0.632. The summed E-state index contributed by atoms with van der Waals surface area (Å²) in [6.07, 6.45) is 5.86. The highest BCUT2D eigenvalue weighted by molar-refractivity contribution is 5.20. The smallest absolute Gasteiger partial charge is 0.122 e. The van der Waals surface area contributed by atoms with E-state index in [1.54, 1.807) is 0 Å². The van der Waals surface area contributed by atoms with Crippen molar-refractivity contribution in [1.29, 1.82) is 0 Å². The molecule has 0 aliphatic carbocycles. The Morgan fingerprint density at radius 3 is 2.67 bits per heavy atom. The Balaban J connectivity index is 1.96. The third-order valence-electron chi connectivity index (χ3n) is 3.00. The Labute approximate surface area is 108 Å². The van der Waals surface area contributed by atoms with Crippen LogP contribution in [0.4, 0.5) is 0 Å². The van der Waals surface area contributed by atoms with Crippen LogP contribution in [-0.4, -0.2) is 19.3 Å². The molecule has 0 unspecified atom stereocenters. The maximum absolute atomic E-state index is 4.50. The maximum Gasteiger partial charge on any atom is 0.122 e. The van der Waals surface area contributed by atoms with Gasteiger partial charge in [0.05, 0.1) is 12.2 Å². The van der Waals surface area contributed by atoms with Gasteiger partial charge in [0.25, 0.3) is 0 Å². The molecule has 0 saturated heterocycles. The predicted octanol–water partition coefficient (Wildman–Crippen LogP) is 1.57. The van der Waals surface area contributed by atoms with E-state index in [0.717, 1.165) is 18.9 Å². The fraction of sp³-hybridized carbons (Fsp3) is 0.538. The molecule has 5 heteroatoms. The molecule has 0 bridgehead atoms. The third-order valence-corrected chi connectivity index (χ3v) is 3.00. The Kier molecular flexibility index (Phi) is 3.81. The van der Waals surface area contributed by atoms with E-state index in [0.29, 0.717) is 5.92 Å². The molecule has 18 heavy (non-hydrogen) atoms. The predicted molar refractivity (Wildman–Crippen MR) is 71.0 cm³/mol. The minimum Gasteiger partial charge on any atom is -0.337 e. The molecule has 2 rings (SSSR count). The first-order valence-corrected chi connectivity index (χ1v) is 6.27. The zero-order chi connectivity index (χ0) is 13.1. The summed E-state index contributed by atoms with van der Waals surface area (Å²) in [5, 5.41) is 7.92. The summed E-state index contributed by atoms with van der Waals surface area (Å²) in [7, 11) is 3.97. The summed E-state index contributed by atoms with van der Waals surface area (Å²) in [5.74, 6) is 1.50. The minimum atomic E-state index is 0.455. The third kappa shape index (κ3) is 2.79. The zero-order valence-electron chi connectivity index (χ0n) is 11.5. The molecule has 0 aliphatic rings. The van der Waals surface area contributed by atoms with Crippen molar-refractivity contribution < 1.29 is 0 Å². The van der Waals surface area contributed by atoms with Crippen LogP contribution in [0.5, 0.6) is 0 Å². The van der Waals surface area contributed by atoms with Crippen LogP contribution in [0.1, 0.15) is 36.8 Å². The molecule has 0 aromatic carbocycles. The van der Waals surface area contributed by atoms with Crippen LogP contribution in [0.2, 0.25) is 0 Å². The summed E-state index contributed by atoms with van der Waals surface area (Å²) in [6.45, 7) is 5.94. The monoisotopic (exact) mass is 247 g/mol. The van der Waals surface area contributed by atoms with Crippen LogP contribution in [-0.2, 0) is 27.2 Å². The normalized spacial score (nSPS) is 11.4. The van der Waals surface area contributed by atoms with Crippen molar-refractivity contribution in [3.05, 3.63) is 35.7 Å². The van der Waals surface area contributed by atoms with E-state index in [1.165, 1.54) is 11.3 Å². The summed E-state index contributed by atoms with van der Waals surface area (Å²) in [5.41, 5.74) is 2.44. The summed E-state index contributed by atoms with van der Waals surface area (Å²) >= 11 is 0. The van der Waals surface area contributed by atoms with Crippen LogP contribution in [0.3, 0.4) is 0 Å². The first kappa shape index (κ1) is 12.8. The molecule has 2 heterocycles. The highest BCUT2D eigenvalue weighted by Crippen LogP contribution is 2.16. The number of nitrogens with one attached hydrogen (secondary N) is 1. The second-order valence-electron chi connectivity index (χ2n) is 4.93. The minimum absolute atomic E-state index is 0.455. The highest BCUT2D eigenvalue weighted by Gasteiger charge is 2.11. The number of imidazole rings is 1. The Hall–Kier alpha value is -1.62. The van der Waals surface area contributed by atoms with Crippen LogP contribution in [0, 0.1) is 0 Å². The first-order chi connectivity index (χ1) is 8.58. The second kappa shape index (κ2) is 5.35. The maximum atomic E-state index is 4.50. The first-order valence-electron chi connectivity index (χ1n) is 6.27. The number of nitrogens with zero attached hydrogens (tertiary/aromatic N) is 4. The second-order valence-corrected chi connectivity index (χ2v) is 4.93. The van der Waals surface area contributed by atoms with E-state index >= 15 is 0 Å². The van der Waals surface area contributed by atoms with Crippen LogP contribution in [0.15, 0.2) is 18.6 Å². The van der Waals surface area contributed by atoms with Gasteiger partial charge in [-0.25, -0.2) is 4.98 Å². The molecule has 1 N–H and O–H groups in total. The summed E-state index contributed by atoms with van der Waals surface area (Å²) < 4.78 is 3.91. The standard InChI is InChI=1S/C13H21N5/c1-10(2)13-11(9-18(4)16-13)7-14-8-12-15-5-6-17(12)3/h5-6,9-10,14H,7-8H2,1-4H3. The molecule has 5 nitrogen and oxygen atoms in total. The van der Waals surface area contributed by atoms with Crippen molar-refractivity contribution >= 4 is 0 Å². The molecule has 2 aromatic rings. The average molecular weight is 247 g/mol. The van der Waals surface area contributed by atoms with E-state index in [-0.39, 0.29) is 0 Å². The average Bonchev–Trinajstić information content (AvgIpc) is 2.86. The van der Waals surface area contributed by atoms with E-state index < -0.39 is 0 Å². The molecule has 0 aliphatic heterocycles. The molecule has 98 valence electrons. The lowest BCUT2D eigenvalue weighted by Gasteiger charge is -2.07. The molecule has 2 aromatic heterocycles. The van der Waals surface area contributed by atoms with E-state index in [9.17, 15) is 0 Å².